The van der Waals surface area contributed by atoms with Crippen molar-refractivity contribution in [3.05, 3.63) is 18.0 Å². The zero-order valence-corrected chi connectivity index (χ0v) is 18.9. The standard InChI is InChI=1S/C20H35N5O4S/c1-17-14-22-23(15-17)10-5-20(26)21-8-11-25(18-6-12-29-13-7-18)19-4-3-9-24(16-19)30(2,27)28/h14-15,18-19H,3-13,16H2,1-2H3,(H,21,26). The number of rotatable bonds is 9. The average Bonchev–Trinajstić information content (AvgIpc) is 3.15. The summed E-state index contributed by atoms with van der Waals surface area (Å²) in [6, 6.07) is 0.549. The van der Waals surface area contributed by atoms with Crippen molar-refractivity contribution < 1.29 is 17.9 Å². The van der Waals surface area contributed by atoms with Gasteiger partial charge in [-0.25, -0.2) is 12.7 Å². The minimum Gasteiger partial charge on any atom is -0.381 e. The van der Waals surface area contributed by atoms with Crippen molar-refractivity contribution in [2.45, 2.75) is 57.7 Å². The Bertz CT molecular complexity index is 791. The third-order valence-electron chi connectivity index (χ3n) is 5.98. The Hall–Kier alpha value is -1.49. The number of carbonyl (C=O) groups is 1. The molecule has 1 atom stereocenters. The fourth-order valence-corrected chi connectivity index (χ4v) is 5.29. The molecule has 2 saturated heterocycles. The monoisotopic (exact) mass is 441 g/mol. The Morgan fingerprint density at radius 1 is 1.30 bits per heavy atom. The van der Waals surface area contributed by atoms with Gasteiger partial charge < -0.3 is 10.1 Å². The smallest absolute Gasteiger partial charge is 0.221 e. The highest BCUT2D eigenvalue weighted by Gasteiger charge is 2.33. The van der Waals surface area contributed by atoms with E-state index in [-0.39, 0.29) is 11.9 Å². The maximum atomic E-state index is 12.3. The third kappa shape index (κ3) is 6.76. The zero-order valence-electron chi connectivity index (χ0n) is 18.1. The number of aryl methyl sites for hydroxylation is 2. The molecule has 1 aromatic heterocycles. The van der Waals surface area contributed by atoms with Crippen molar-refractivity contribution in [1.29, 1.82) is 0 Å². The lowest BCUT2D eigenvalue weighted by Gasteiger charge is -2.43. The van der Waals surface area contributed by atoms with Crippen LogP contribution in [-0.4, -0.2) is 91.0 Å². The van der Waals surface area contributed by atoms with Crippen LogP contribution in [0.15, 0.2) is 12.4 Å². The summed E-state index contributed by atoms with van der Waals surface area (Å²) < 4.78 is 33.0. The molecule has 9 nitrogen and oxygen atoms in total. The summed E-state index contributed by atoms with van der Waals surface area (Å²) in [6.45, 7) is 6.42. The van der Waals surface area contributed by atoms with Gasteiger partial charge in [-0.3, -0.25) is 14.4 Å². The van der Waals surface area contributed by atoms with Gasteiger partial charge in [0.25, 0.3) is 0 Å². The molecular formula is C20H35N5O4S. The van der Waals surface area contributed by atoms with Crippen LogP contribution in [0.25, 0.3) is 0 Å². The molecule has 0 bridgehead atoms. The Morgan fingerprint density at radius 2 is 2.07 bits per heavy atom. The average molecular weight is 442 g/mol. The van der Waals surface area contributed by atoms with Gasteiger partial charge in [0.05, 0.1) is 12.5 Å². The third-order valence-corrected chi connectivity index (χ3v) is 7.25. The number of nitrogens with zero attached hydrogens (tertiary/aromatic N) is 4. The van der Waals surface area contributed by atoms with Gasteiger partial charge in [0.15, 0.2) is 0 Å². The molecule has 0 aliphatic carbocycles. The molecule has 3 rings (SSSR count). The van der Waals surface area contributed by atoms with Crippen molar-refractivity contribution in [2.75, 3.05) is 45.6 Å². The number of piperidine rings is 1. The maximum absolute atomic E-state index is 12.3. The van der Waals surface area contributed by atoms with E-state index in [9.17, 15) is 13.2 Å². The first-order chi connectivity index (χ1) is 14.3. The first-order valence-electron chi connectivity index (χ1n) is 10.9. The van der Waals surface area contributed by atoms with Gasteiger partial charge >= 0.3 is 0 Å². The van der Waals surface area contributed by atoms with E-state index < -0.39 is 10.0 Å². The second-order valence-corrected chi connectivity index (χ2v) is 10.4. The molecule has 0 aromatic carbocycles. The van der Waals surface area contributed by atoms with Crippen LogP contribution in [0, 0.1) is 6.92 Å². The van der Waals surface area contributed by atoms with E-state index in [1.807, 2.05) is 13.1 Å². The summed E-state index contributed by atoms with van der Waals surface area (Å²) in [6.07, 6.45) is 9.14. The Kier molecular flexibility index (Phi) is 8.27. The van der Waals surface area contributed by atoms with Crippen LogP contribution in [0.3, 0.4) is 0 Å². The lowest BCUT2D eigenvalue weighted by molar-refractivity contribution is -0.121. The fourth-order valence-electron chi connectivity index (χ4n) is 4.39. The molecule has 1 unspecified atom stereocenters. The number of hydrogen-bond donors (Lipinski definition) is 1. The van der Waals surface area contributed by atoms with Crippen LogP contribution in [0.5, 0.6) is 0 Å². The van der Waals surface area contributed by atoms with E-state index in [1.54, 1.807) is 15.2 Å². The van der Waals surface area contributed by atoms with E-state index in [4.69, 9.17) is 4.74 Å². The molecular weight excluding hydrogens is 406 g/mol. The summed E-state index contributed by atoms with van der Waals surface area (Å²) in [4.78, 5) is 14.7. The Morgan fingerprint density at radius 3 is 2.73 bits per heavy atom. The number of ether oxygens (including phenoxy) is 1. The molecule has 2 aliphatic heterocycles. The lowest BCUT2D eigenvalue weighted by atomic mass is 9.99. The molecule has 10 heteroatoms. The van der Waals surface area contributed by atoms with Crippen molar-refractivity contribution >= 4 is 15.9 Å². The van der Waals surface area contributed by atoms with E-state index in [0.717, 1.165) is 51.0 Å². The largest absolute Gasteiger partial charge is 0.381 e. The van der Waals surface area contributed by atoms with Crippen LogP contribution in [-0.2, 0) is 26.1 Å². The minimum absolute atomic E-state index is 0.0106. The second kappa shape index (κ2) is 10.7. The number of aromatic nitrogens is 2. The van der Waals surface area contributed by atoms with Crippen LogP contribution in [0.1, 0.15) is 37.7 Å². The molecule has 2 fully saturated rings. The van der Waals surface area contributed by atoms with Gasteiger partial charge in [0.1, 0.15) is 0 Å². The maximum Gasteiger partial charge on any atom is 0.221 e. The molecule has 0 saturated carbocycles. The van der Waals surface area contributed by atoms with E-state index in [0.29, 0.717) is 38.6 Å². The summed E-state index contributed by atoms with van der Waals surface area (Å²) in [5.74, 6) is 0.0106. The highest BCUT2D eigenvalue weighted by atomic mass is 32.2. The molecule has 3 heterocycles. The molecule has 170 valence electrons. The van der Waals surface area contributed by atoms with E-state index in [1.165, 1.54) is 6.26 Å². The first kappa shape index (κ1) is 23.2. The molecule has 0 radical (unpaired) electrons. The number of nitrogens with one attached hydrogen (secondary N) is 1. The van der Waals surface area contributed by atoms with Crippen LogP contribution < -0.4 is 5.32 Å². The normalized spacial score (nSPS) is 21.8. The van der Waals surface area contributed by atoms with Gasteiger partial charge in [-0.2, -0.15) is 5.10 Å². The SMILES string of the molecule is Cc1cnn(CCC(=O)NCCN(C2CCOCC2)C2CCCN(S(C)(=O)=O)C2)c1. The highest BCUT2D eigenvalue weighted by Crippen LogP contribution is 2.24. The van der Waals surface area contributed by atoms with Gasteiger partial charge in [-0.15, -0.1) is 0 Å². The minimum atomic E-state index is -3.18. The fraction of sp³-hybridized carbons (Fsp3) is 0.800. The topological polar surface area (TPSA) is 96.8 Å². The van der Waals surface area contributed by atoms with Gasteiger partial charge in [-0.1, -0.05) is 0 Å². The summed E-state index contributed by atoms with van der Waals surface area (Å²) in [7, 11) is -3.18. The second-order valence-electron chi connectivity index (χ2n) is 8.38. The quantitative estimate of drug-likeness (QED) is 0.603. The van der Waals surface area contributed by atoms with E-state index >= 15 is 0 Å². The molecule has 30 heavy (non-hydrogen) atoms. The van der Waals surface area contributed by atoms with Crippen LogP contribution in [0.2, 0.25) is 0 Å². The number of carbonyl (C=O) groups excluding carboxylic acids is 1. The van der Waals surface area contributed by atoms with Crippen molar-refractivity contribution in [2.24, 2.45) is 0 Å². The molecule has 1 aromatic rings. The highest BCUT2D eigenvalue weighted by molar-refractivity contribution is 7.88. The molecule has 0 spiro atoms. The van der Waals surface area contributed by atoms with Crippen LogP contribution in [0.4, 0.5) is 0 Å². The summed E-state index contributed by atoms with van der Waals surface area (Å²) in [5, 5.41) is 7.23. The van der Waals surface area contributed by atoms with Gasteiger partial charge in [0, 0.05) is 70.6 Å². The number of amides is 1. The van der Waals surface area contributed by atoms with Gasteiger partial charge in [-0.05, 0) is 38.2 Å². The molecule has 1 N–H and O–H groups in total. The van der Waals surface area contributed by atoms with E-state index in [2.05, 4.69) is 15.3 Å². The van der Waals surface area contributed by atoms with Gasteiger partial charge in [0.2, 0.25) is 15.9 Å². The van der Waals surface area contributed by atoms with Crippen LogP contribution >= 0.6 is 0 Å². The molecule has 2 aliphatic rings. The zero-order chi connectivity index (χ0) is 21.6. The lowest BCUT2D eigenvalue weighted by Crippen LogP contribution is -2.55. The Labute approximate surface area is 179 Å². The van der Waals surface area contributed by atoms with Crippen molar-refractivity contribution in [3.8, 4) is 0 Å². The Balaban J connectivity index is 1.52. The first-order valence-corrected chi connectivity index (χ1v) is 12.7. The predicted octanol–water partition coefficient (Wildman–Crippen LogP) is 0.603. The van der Waals surface area contributed by atoms with Crippen molar-refractivity contribution in [3.63, 3.8) is 0 Å². The number of hydrogen-bond acceptors (Lipinski definition) is 6. The molecule has 1 amide bonds. The predicted molar refractivity (Wildman–Crippen MR) is 115 cm³/mol. The van der Waals surface area contributed by atoms with Crippen molar-refractivity contribution in [1.82, 2.24) is 24.3 Å². The summed E-state index contributed by atoms with van der Waals surface area (Å²) in [5.41, 5.74) is 1.08. The summed E-state index contributed by atoms with van der Waals surface area (Å²) >= 11 is 0. The number of sulfonamides is 1.